The zero-order valence-electron chi connectivity index (χ0n) is 9.94. The molecule has 3 N–H and O–H groups in total. The van der Waals surface area contributed by atoms with Gasteiger partial charge >= 0.3 is 12.0 Å². The van der Waals surface area contributed by atoms with Gasteiger partial charge in [0.1, 0.15) is 0 Å². The lowest BCUT2D eigenvalue weighted by Gasteiger charge is -2.03. The van der Waals surface area contributed by atoms with Crippen molar-refractivity contribution in [3.63, 3.8) is 0 Å². The second kappa shape index (κ2) is 5.80. The minimum atomic E-state index is -1.10. The van der Waals surface area contributed by atoms with Crippen molar-refractivity contribution < 1.29 is 24.0 Å². The molecule has 0 spiro atoms. The minimum Gasteiger partial charge on any atom is -0.481 e. The van der Waals surface area contributed by atoms with E-state index in [4.69, 9.17) is 9.63 Å². The Morgan fingerprint density at radius 2 is 1.94 bits per heavy atom. The number of imide groups is 1. The number of carboxylic acids is 1. The van der Waals surface area contributed by atoms with Gasteiger partial charge in [0, 0.05) is 12.0 Å². The van der Waals surface area contributed by atoms with E-state index < -0.39 is 17.9 Å². The summed E-state index contributed by atoms with van der Waals surface area (Å²) in [5.74, 6) is -1.63. The van der Waals surface area contributed by atoms with Crippen molar-refractivity contribution in [3.8, 4) is 0 Å². The third-order valence-electron chi connectivity index (χ3n) is 2.20. The van der Waals surface area contributed by atoms with Crippen molar-refractivity contribution in [2.75, 3.05) is 5.32 Å². The number of carbonyl (C=O) groups is 3. The molecule has 1 aromatic heterocycles. The molecular weight excluding hydrogens is 242 g/mol. The molecule has 0 unspecified atom stereocenters. The highest BCUT2D eigenvalue weighted by atomic mass is 16.5. The molecule has 0 aliphatic heterocycles. The minimum absolute atomic E-state index is 0.149. The monoisotopic (exact) mass is 255 g/mol. The van der Waals surface area contributed by atoms with Gasteiger partial charge < -0.3 is 9.63 Å². The van der Waals surface area contributed by atoms with Crippen molar-refractivity contribution >= 4 is 23.8 Å². The number of rotatable bonds is 4. The average Bonchev–Trinajstić information content (AvgIpc) is 2.58. The topological polar surface area (TPSA) is 122 Å². The third kappa shape index (κ3) is 3.89. The summed E-state index contributed by atoms with van der Waals surface area (Å²) >= 11 is 0. The Labute approximate surface area is 102 Å². The molecule has 18 heavy (non-hydrogen) atoms. The number of hydrogen-bond donors (Lipinski definition) is 3. The number of amides is 3. The van der Waals surface area contributed by atoms with Crippen molar-refractivity contribution in [3.05, 3.63) is 11.3 Å². The number of anilines is 1. The first kappa shape index (κ1) is 13.7. The SMILES string of the molecule is Cc1noc(NC(=O)NC(=O)CCC(=O)O)c1C. The van der Waals surface area contributed by atoms with Gasteiger partial charge in [-0.05, 0) is 13.8 Å². The van der Waals surface area contributed by atoms with E-state index in [0.717, 1.165) is 0 Å². The van der Waals surface area contributed by atoms with E-state index in [9.17, 15) is 14.4 Å². The van der Waals surface area contributed by atoms with Gasteiger partial charge in [-0.2, -0.15) is 0 Å². The predicted octanol–water partition coefficient (Wildman–Crippen LogP) is 0.804. The molecule has 3 amide bonds. The molecule has 98 valence electrons. The van der Waals surface area contributed by atoms with Gasteiger partial charge in [-0.3, -0.25) is 20.2 Å². The van der Waals surface area contributed by atoms with Crippen LogP contribution in [0.2, 0.25) is 0 Å². The maximum absolute atomic E-state index is 11.4. The summed E-state index contributed by atoms with van der Waals surface area (Å²) in [6, 6.07) is -0.787. The van der Waals surface area contributed by atoms with Gasteiger partial charge in [0.25, 0.3) is 0 Å². The third-order valence-corrected chi connectivity index (χ3v) is 2.20. The van der Waals surface area contributed by atoms with E-state index >= 15 is 0 Å². The van der Waals surface area contributed by atoms with E-state index in [1.54, 1.807) is 13.8 Å². The van der Waals surface area contributed by atoms with Gasteiger partial charge in [0.05, 0.1) is 12.1 Å². The highest BCUT2D eigenvalue weighted by Gasteiger charge is 2.14. The molecule has 0 saturated carbocycles. The smallest absolute Gasteiger partial charge is 0.328 e. The number of hydrogen-bond acceptors (Lipinski definition) is 5. The van der Waals surface area contributed by atoms with Gasteiger partial charge in [-0.1, -0.05) is 5.16 Å². The lowest BCUT2D eigenvalue weighted by atomic mass is 10.3. The Bertz CT molecular complexity index is 480. The number of aromatic nitrogens is 1. The Balaban J connectivity index is 2.44. The van der Waals surface area contributed by atoms with Crippen LogP contribution in [0.5, 0.6) is 0 Å². The molecule has 0 aromatic carbocycles. The zero-order valence-corrected chi connectivity index (χ0v) is 9.94. The molecular formula is C10H13N3O5. The van der Waals surface area contributed by atoms with E-state index in [2.05, 4.69) is 10.5 Å². The molecule has 1 aromatic rings. The Hall–Kier alpha value is -2.38. The Morgan fingerprint density at radius 3 is 2.44 bits per heavy atom. The van der Waals surface area contributed by atoms with Crippen molar-refractivity contribution in [2.45, 2.75) is 26.7 Å². The van der Waals surface area contributed by atoms with E-state index in [-0.39, 0.29) is 18.7 Å². The average molecular weight is 255 g/mol. The molecule has 8 heteroatoms. The largest absolute Gasteiger partial charge is 0.481 e. The molecule has 0 saturated heterocycles. The number of carbonyl (C=O) groups excluding carboxylic acids is 2. The second-order valence-electron chi connectivity index (χ2n) is 3.62. The van der Waals surface area contributed by atoms with Gasteiger partial charge in [-0.25, -0.2) is 4.79 Å². The van der Waals surface area contributed by atoms with Crippen molar-refractivity contribution in [1.29, 1.82) is 0 Å². The number of nitrogens with zero attached hydrogens (tertiary/aromatic N) is 1. The van der Waals surface area contributed by atoms with Crippen LogP contribution in [0, 0.1) is 13.8 Å². The summed E-state index contributed by atoms with van der Waals surface area (Å²) in [5.41, 5.74) is 1.28. The summed E-state index contributed by atoms with van der Waals surface area (Å²) in [4.78, 5) is 32.7. The maximum atomic E-state index is 11.4. The first-order valence-electron chi connectivity index (χ1n) is 5.15. The highest BCUT2D eigenvalue weighted by molar-refractivity contribution is 6.01. The van der Waals surface area contributed by atoms with Crippen LogP contribution in [-0.2, 0) is 9.59 Å². The number of aryl methyl sites for hydroxylation is 1. The van der Waals surface area contributed by atoms with Crippen LogP contribution in [0.4, 0.5) is 10.7 Å². The standard InChI is InChI=1S/C10H13N3O5/c1-5-6(2)13-18-9(5)12-10(17)11-7(14)3-4-8(15)16/h3-4H2,1-2H3,(H,15,16)(H2,11,12,14,17). The highest BCUT2D eigenvalue weighted by Crippen LogP contribution is 2.16. The van der Waals surface area contributed by atoms with Crippen LogP contribution >= 0.6 is 0 Å². The van der Waals surface area contributed by atoms with E-state index in [0.29, 0.717) is 11.3 Å². The number of carboxylic acid groups (broad SMARTS) is 1. The summed E-state index contributed by atoms with van der Waals surface area (Å²) in [6.07, 6.45) is -0.600. The second-order valence-corrected chi connectivity index (χ2v) is 3.62. The fourth-order valence-electron chi connectivity index (χ4n) is 1.08. The van der Waals surface area contributed by atoms with Crippen LogP contribution in [-0.4, -0.2) is 28.2 Å². The molecule has 0 aliphatic rings. The summed E-state index contributed by atoms with van der Waals surface area (Å²) < 4.78 is 4.82. The van der Waals surface area contributed by atoms with Crippen LogP contribution in [0.25, 0.3) is 0 Å². The lowest BCUT2D eigenvalue weighted by molar-refractivity contribution is -0.138. The lowest BCUT2D eigenvalue weighted by Crippen LogP contribution is -2.34. The summed E-state index contributed by atoms with van der Waals surface area (Å²) in [7, 11) is 0. The molecule has 0 radical (unpaired) electrons. The first-order chi connectivity index (χ1) is 8.40. The number of aliphatic carboxylic acids is 1. The first-order valence-corrected chi connectivity index (χ1v) is 5.15. The normalized spacial score (nSPS) is 9.89. The predicted molar refractivity (Wildman–Crippen MR) is 60.0 cm³/mol. The van der Waals surface area contributed by atoms with Gasteiger partial charge in [-0.15, -0.1) is 0 Å². The van der Waals surface area contributed by atoms with E-state index in [1.807, 2.05) is 5.32 Å². The van der Waals surface area contributed by atoms with Crippen LogP contribution in [0.15, 0.2) is 4.52 Å². The van der Waals surface area contributed by atoms with Gasteiger partial charge in [0.15, 0.2) is 0 Å². The summed E-state index contributed by atoms with van der Waals surface area (Å²) in [5, 5.41) is 16.3. The molecule has 1 heterocycles. The number of nitrogens with one attached hydrogen (secondary N) is 2. The van der Waals surface area contributed by atoms with Crippen molar-refractivity contribution in [1.82, 2.24) is 10.5 Å². The fourth-order valence-corrected chi connectivity index (χ4v) is 1.08. The van der Waals surface area contributed by atoms with E-state index in [1.165, 1.54) is 0 Å². The van der Waals surface area contributed by atoms with Crippen LogP contribution in [0.1, 0.15) is 24.1 Å². The molecule has 0 bridgehead atoms. The Morgan fingerprint density at radius 1 is 1.28 bits per heavy atom. The zero-order chi connectivity index (χ0) is 13.7. The molecule has 0 aliphatic carbocycles. The Kier molecular flexibility index (Phi) is 4.41. The summed E-state index contributed by atoms with van der Waals surface area (Å²) in [6.45, 7) is 3.41. The van der Waals surface area contributed by atoms with Crippen LogP contribution < -0.4 is 10.6 Å². The van der Waals surface area contributed by atoms with Gasteiger partial charge in [0.2, 0.25) is 11.8 Å². The van der Waals surface area contributed by atoms with Crippen molar-refractivity contribution in [2.24, 2.45) is 0 Å². The number of urea groups is 1. The maximum Gasteiger partial charge on any atom is 0.328 e. The molecule has 8 nitrogen and oxygen atoms in total. The quantitative estimate of drug-likeness (QED) is 0.731. The molecule has 1 rings (SSSR count). The van der Waals surface area contributed by atoms with Crippen LogP contribution in [0.3, 0.4) is 0 Å². The fraction of sp³-hybridized carbons (Fsp3) is 0.400. The molecule has 0 fully saturated rings. The molecule has 0 atom stereocenters.